The number of aliphatic imine (C=N–C) groups is 1. The van der Waals surface area contributed by atoms with Crippen LogP contribution < -0.4 is 0 Å². The van der Waals surface area contributed by atoms with Crippen molar-refractivity contribution in [1.29, 1.82) is 0 Å². The third kappa shape index (κ3) is 2.10. The highest BCUT2D eigenvalue weighted by Gasteiger charge is 2.36. The monoisotopic (exact) mass is 275 g/mol. The number of benzene rings is 1. The summed E-state index contributed by atoms with van der Waals surface area (Å²) in [5, 5.41) is 3.13. The molecule has 1 aliphatic rings. The van der Waals surface area contributed by atoms with E-state index in [-0.39, 0.29) is 12.1 Å². The number of esters is 1. The average Bonchev–Trinajstić information content (AvgIpc) is 3.05. The molecule has 2 heterocycles. The number of rotatable bonds is 3. The number of hydrogen-bond donors (Lipinski definition) is 0. The second-order valence-corrected chi connectivity index (χ2v) is 5.11. The van der Waals surface area contributed by atoms with Gasteiger partial charge in [-0.05, 0) is 23.8 Å². The first-order valence-corrected chi connectivity index (χ1v) is 6.99. The van der Waals surface area contributed by atoms with Crippen LogP contribution in [0, 0.1) is 0 Å². The molecule has 0 amide bonds. The smallest absolute Gasteiger partial charge is 0.335 e. The molecule has 2 atom stereocenters. The van der Waals surface area contributed by atoms with E-state index < -0.39 is 6.04 Å². The summed E-state index contributed by atoms with van der Waals surface area (Å²) >= 11 is 1.64. The Morgan fingerprint density at radius 2 is 2.32 bits per heavy atom. The van der Waals surface area contributed by atoms with Crippen LogP contribution in [0.15, 0.2) is 34.6 Å². The maximum atomic E-state index is 11.9. The molecule has 3 rings (SSSR count). The van der Waals surface area contributed by atoms with Gasteiger partial charge in [-0.25, -0.2) is 9.79 Å². The van der Waals surface area contributed by atoms with Gasteiger partial charge in [0.2, 0.25) is 0 Å². The zero-order chi connectivity index (χ0) is 13.2. The third-order valence-corrected chi connectivity index (χ3v) is 4.04. The number of ether oxygens (including phenoxy) is 2. The Balaban J connectivity index is 1.95. The Morgan fingerprint density at radius 3 is 3.16 bits per heavy atom. The molecular formula is C14H13NO3S. The molecular weight excluding hydrogens is 262 g/mol. The Hall–Kier alpha value is -1.88. The van der Waals surface area contributed by atoms with Crippen LogP contribution in [-0.4, -0.2) is 25.0 Å². The van der Waals surface area contributed by atoms with E-state index >= 15 is 0 Å². The first-order chi connectivity index (χ1) is 9.31. The van der Waals surface area contributed by atoms with Crippen molar-refractivity contribution in [1.82, 2.24) is 0 Å². The minimum Gasteiger partial charge on any atom is -0.473 e. The Bertz CT molecular complexity index is 634. The fourth-order valence-corrected chi connectivity index (χ4v) is 3.18. The summed E-state index contributed by atoms with van der Waals surface area (Å²) in [5.41, 5.74) is 0.996. The van der Waals surface area contributed by atoms with Crippen molar-refractivity contribution in [3.63, 3.8) is 0 Å². The van der Waals surface area contributed by atoms with Gasteiger partial charge in [0.15, 0.2) is 18.5 Å². The summed E-state index contributed by atoms with van der Waals surface area (Å²) in [6.45, 7) is 2.13. The highest BCUT2D eigenvalue weighted by Crippen LogP contribution is 2.36. The van der Waals surface area contributed by atoms with E-state index in [2.05, 4.69) is 11.1 Å². The van der Waals surface area contributed by atoms with Gasteiger partial charge in [0.1, 0.15) is 0 Å². The molecule has 1 aromatic carbocycles. The number of hydrogen-bond acceptors (Lipinski definition) is 5. The van der Waals surface area contributed by atoms with E-state index in [1.54, 1.807) is 18.3 Å². The minimum atomic E-state index is -0.599. The number of carbonyl (C=O) groups excluding carboxylic acids is 1. The second kappa shape index (κ2) is 5.01. The molecule has 2 aromatic rings. The molecule has 0 N–H and O–H groups in total. The molecule has 1 aromatic heterocycles. The van der Waals surface area contributed by atoms with Crippen molar-refractivity contribution in [3.8, 4) is 0 Å². The maximum absolute atomic E-state index is 11.9. The topological polar surface area (TPSA) is 47.9 Å². The lowest BCUT2D eigenvalue weighted by Crippen LogP contribution is -2.26. The minimum absolute atomic E-state index is 0.337. The van der Waals surface area contributed by atoms with Crippen LogP contribution in [0.25, 0.3) is 10.1 Å². The number of fused-ring (bicyclic) bond motifs is 1. The molecule has 0 saturated carbocycles. The molecule has 4 nitrogen and oxygen atoms in total. The van der Waals surface area contributed by atoms with Gasteiger partial charge < -0.3 is 9.47 Å². The summed E-state index contributed by atoms with van der Waals surface area (Å²) in [5.74, 6) is -0.337. The predicted molar refractivity (Wildman–Crippen MR) is 74.6 cm³/mol. The number of nitrogens with zero attached hydrogens (tertiary/aromatic N) is 1. The van der Waals surface area contributed by atoms with Crippen LogP contribution in [0.5, 0.6) is 0 Å². The van der Waals surface area contributed by atoms with E-state index in [9.17, 15) is 4.79 Å². The summed E-state index contributed by atoms with van der Waals surface area (Å²) in [4.78, 5) is 16.0. The molecule has 19 heavy (non-hydrogen) atoms. The van der Waals surface area contributed by atoms with Gasteiger partial charge in [0.05, 0.1) is 6.61 Å². The summed E-state index contributed by atoms with van der Waals surface area (Å²) in [6.07, 6.45) is 0.966. The van der Waals surface area contributed by atoms with Crippen molar-refractivity contribution in [3.05, 3.63) is 35.2 Å². The quantitative estimate of drug-likeness (QED) is 0.809. The Labute approximate surface area is 114 Å². The van der Waals surface area contributed by atoms with Crippen molar-refractivity contribution >= 4 is 33.8 Å². The van der Waals surface area contributed by atoms with Gasteiger partial charge in [-0.15, -0.1) is 11.3 Å². The van der Waals surface area contributed by atoms with Crippen LogP contribution in [0.4, 0.5) is 0 Å². The van der Waals surface area contributed by atoms with Gasteiger partial charge in [-0.2, -0.15) is 0 Å². The zero-order valence-corrected chi connectivity index (χ0v) is 11.2. The van der Waals surface area contributed by atoms with Crippen molar-refractivity contribution < 1.29 is 14.3 Å². The average molecular weight is 275 g/mol. The van der Waals surface area contributed by atoms with E-state index in [1.807, 2.05) is 23.6 Å². The molecule has 5 heteroatoms. The van der Waals surface area contributed by atoms with Gasteiger partial charge in [0.25, 0.3) is 0 Å². The molecule has 0 radical (unpaired) electrons. The van der Waals surface area contributed by atoms with E-state index in [1.165, 1.54) is 11.1 Å². The standard InChI is InChI=1S/C14H13NO3S/c1-2-17-14(16)12-13(18-8-15-12)10-7-19-11-6-4-3-5-9(10)11/h3-8,12-13H,2H2,1H3. The van der Waals surface area contributed by atoms with E-state index in [4.69, 9.17) is 9.47 Å². The van der Waals surface area contributed by atoms with Crippen molar-refractivity contribution in [2.75, 3.05) is 6.61 Å². The van der Waals surface area contributed by atoms with E-state index in [0.717, 1.165) is 10.9 Å². The van der Waals surface area contributed by atoms with Crippen LogP contribution >= 0.6 is 11.3 Å². The van der Waals surface area contributed by atoms with E-state index in [0.29, 0.717) is 6.61 Å². The number of carbonyl (C=O) groups is 1. The van der Waals surface area contributed by atoms with Crippen LogP contribution in [0.3, 0.4) is 0 Å². The highest BCUT2D eigenvalue weighted by molar-refractivity contribution is 7.17. The van der Waals surface area contributed by atoms with Crippen molar-refractivity contribution in [2.24, 2.45) is 4.99 Å². The molecule has 0 saturated heterocycles. The van der Waals surface area contributed by atoms with Gasteiger partial charge in [-0.3, -0.25) is 0 Å². The first kappa shape index (κ1) is 12.2. The molecule has 1 aliphatic heterocycles. The lowest BCUT2D eigenvalue weighted by Gasteiger charge is -2.15. The first-order valence-electron chi connectivity index (χ1n) is 6.11. The lowest BCUT2D eigenvalue weighted by molar-refractivity contribution is -0.146. The summed E-state index contributed by atoms with van der Waals surface area (Å²) < 4.78 is 11.7. The van der Waals surface area contributed by atoms with Crippen LogP contribution in [0.1, 0.15) is 18.6 Å². The molecule has 0 fully saturated rings. The highest BCUT2D eigenvalue weighted by atomic mass is 32.1. The van der Waals surface area contributed by atoms with Crippen molar-refractivity contribution in [2.45, 2.75) is 19.1 Å². The predicted octanol–water partition coefficient (Wildman–Crippen LogP) is 2.93. The Kier molecular flexibility index (Phi) is 3.21. The molecule has 98 valence electrons. The SMILES string of the molecule is CCOC(=O)C1N=COC1c1csc2ccccc12. The normalized spacial score (nSPS) is 21.5. The molecule has 0 bridgehead atoms. The number of thiophene rings is 1. The van der Waals surface area contributed by atoms with Gasteiger partial charge >= 0.3 is 5.97 Å². The maximum Gasteiger partial charge on any atom is 0.335 e. The fourth-order valence-electron chi connectivity index (χ4n) is 2.19. The van der Waals surface area contributed by atoms with Crippen LogP contribution in [-0.2, 0) is 14.3 Å². The van der Waals surface area contributed by atoms with Gasteiger partial charge in [-0.1, -0.05) is 18.2 Å². The largest absolute Gasteiger partial charge is 0.473 e. The fraction of sp³-hybridized carbons (Fsp3) is 0.286. The Morgan fingerprint density at radius 1 is 1.47 bits per heavy atom. The van der Waals surface area contributed by atoms with Crippen LogP contribution in [0.2, 0.25) is 0 Å². The zero-order valence-electron chi connectivity index (χ0n) is 10.4. The molecule has 0 aliphatic carbocycles. The molecule has 0 spiro atoms. The molecule has 2 unspecified atom stereocenters. The lowest BCUT2D eigenvalue weighted by atomic mass is 10.0. The second-order valence-electron chi connectivity index (χ2n) is 4.20. The van der Waals surface area contributed by atoms with Gasteiger partial charge in [0, 0.05) is 10.3 Å². The third-order valence-electron chi connectivity index (χ3n) is 3.06. The summed E-state index contributed by atoms with van der Waals surface area (Å²) in [6, 6.07) is 7.47. The summed E-state index contributed by atoms with van der Waals surface area (Å²) in [7, 11) is 0.